The van der Waals surface area contributed by atoms with E-state index in [1.165, 1.54) is 12.1 Å². The molecule has 0 aliphatic carbocycles. The van der Waals surface area contributed by atoms with Gasteiger partial charge in [0.15, 0.2) is 5.82 Å². The van der Waals surface area contributed by atoms with Crippen molar-refractivity contribution in [1.82, 2.24) is 10.2 Å². The van der Waals surface area contributed by atoms with Gasteiger partial charge >= 0.3 is 0 Å². The first-order valence-corrected chi connectivity index (χ1v) is 5.62. The molecule has 0 aliphatic rings. The number of fused-ring (bicyclic) bond motifs is 1. The lowest BCUT2D eigenvalue weighted by molar-refractivity contribution is 0.584. The van der Waals surface area contributed by atoms with Gasteiger partial charge in [0.25, 0.3) is 0 Å². The van der Waals surface area contributed by atoms with Crippen LogP contribution in [0.3, 0.4) is 0 Å². The lowest BCUT2D eigenvalue weighted by atomic mass is 10.0. The second-order valence-corrected chi connectivity index (χ2v) is 4.14. The summed E-state index contributed by atoms with van der Waals surface area (Å²) in [6.45, 7) is 0. The first-order valence-electron chi connectivity index (χ1n) is 5.62. The summed E-state index contributed by atoms with van der Waals surface area (Å²) < 4.78 is 26.6. The molecule has 3 nitrogen and oxygen atoms in total. The van der Waals surface area contributed by atoms with Gasteiger partial charge < -0.3 is 5.73 Å². The van der Waals surface area contributed by atoms with Gasteiger partial charge in [-0.3, -0.25) is 0 Å². The Bertz CT molecular complexity index is 751. The molecule has 0 radical (unpaired) electrons. The van der Waals surface area contributed by atoms with E-state index in [1.54, 1.807) is 12.1 Å². The number of nitrogen functional groups attached to an aromatic ring is 1. The number of hydrogen-bond donors (Lipinski definition) is 1. The first kappa shape index (κ1) is 11.5. The van der Waals surface area contributed by atoms with Gasteiger partial charge in [-0.1, -0.05) is 24.3 Å². The van der Waals surface area contributed by atoms with E-state index in [2.05, 4.69) is 10.2 Å². The van der Waals surface area contributed by atoms with Crippen LogP contribution in [0.25, 0.3) is 22.0 Å². The van der Waals surface area contributed by atoms with E-state index >= 15 is 0 Å². The SMILES string of the molecule is Nc1nnc(-c2cc(F)cc(F)c2)c2ccccc12. The zero-order chi connectivity index (χ0) is 13.4. The third kappa shape index (κ3) is 1.99. The number of halogens is 2. The molecule has 3 rings (SSSR count). The molecule has 94 valence electrons. The van der Waals surface area contributed by atoms with E-state index in [1.807, 2.05) is 12.1 Å². The molecule has 0 aliphatic heterocycles. The van der Waals surface area contributed by atoms with Gasteiger partial charge in [-0.2, -0.15) is 0 Å². The molecule has 0 bridgehead atoms. The summed E-state index contributed by atoms with van der Waals surface area (Å²) in [7, 11) is 0. The number of nitrogens with zero attached hydrogens (tertiary/aromatic N) is 2. The van der Waals surface area contributed by atoms with Crippen LogP contribution in [0.4, 0.5) is 14.6 Å². The normalized spacial score (nSPS) is 10.8. The summed E-state index contributed by atoms with van der Waals surface area (Å²) in [5, 5.41) is 9.19. The smallest absolute Gasteiger partial charge is 0.154 e. The number of aromatic nitrogens is 2. The highest BCUT2D eigenvalue weighted by atomic mass is 19.1. The van der Waals surface area contributed by atoms with Gasteiger partial charge in [0.1, 0.15) is 17.3 Å². The standard InChI is InChI=1S/C14H9F2N3/c15-9-5-8(6-10(16)7-9)13-11-3-1-2-4-12(11)14(17)19-18-13/h1-7H,(H2,17,19). The van der Waals surface area contributed by atoms with Crippen molar-refractivity contribution >= 4 is 16.6 Å². The first-order chi connectivity index (χ1) is 9.15. The molecule has 1 aromatic heterocycles. The second-order valence-electron chi connectivity index (χ2n) is 4.14. The summed E-state index contributed by atoms with van der Waals surface area (Å²) >= 11 is 0. The molecular weight excluding hydrogens is 248 g/mol. The Morgan fingerprint density at radius 3 is 2.16 bits per heavy atom. The molecule has 2 N–H and O–H groups in total. The van der Waals surface area contributed by atoms with Crippen molar-refractivity contribution in [3.8, 4) is 11.3 Å². The van der Waals surface area contributed by atoms with Gasteiger partial charge in [0.05, 0.1) is 0 Å². The van der Waals surface area contributed by atoms with E-state index < -0.39 is 11.6 Å². The summed E-state index contributed by atoms with van der Waals surface area (Å²) in [5.41, 5.74) is 6.48. The summed E-state index contributed by atoms with van der Waals surface area (Å²) in [6.07, 6.45) is 0. The van der Waals surface area contributed by atoms with Gasteiger partial charge in [0.2, 0.25) is 0 Å². The van der Waals surface area contributed by atoms with Crippen LogP contribution in [0.1, 0.15) is 0 Å². The van der Waals surface area contributed by atoms with Crippen molar-refractivity contribution in [2.75, 3.05) is 5.73 Å². The Morgan fingerprint density at radius 2 is 1.47 bits per heavy atom. The van der Waals surface area contributed by atoms with Crippen LogP contribution in [0.15, 0.2) is 42.5 Å². The van der Waals surface area contributed by atoms with Gasteiger partial charge in [-0.05, 0) is 12.1 Å². The fourth-order valence-electron chi connectivity index (χ4n) is 2.03. The van der Waals surface area contributed by atoms with E-state index in [0.29, 0.717) is 22.0 Å². The molecule has 19 heavy (non-hydrogen) atoms. The van der Waals surface area contributed by atoms with E-state index in [-0.39, 0.29) is 5.82 Å². The molecule has 0 fully saturated rings. The Hall–Kier alpha value is -2.56. The van der Waals surface area contributed by atoms with Crippen LogP contribution in [0, 0.1) is 11.6 Å². The Labute approximate surface area is 107 Å². The second kappa shape index (κ2) is 4.28. The molecule has 2 aromatic carbocycles. The monoisotopic (exact) mass is 257 g/mol. The predicted octanol–water partition coefficient (Wildman–Crippen LogP) is 3.16. The van der Waals surface area contributed by atoms with Crippen molar-refractivity contribution in [2.45, 2.75) is 0 Å². The van der Waals surface area contributed by atoms with Crippen LogP contribution in [-0.2, 0) is 0 Å². The minimum absolute atomic E-state index is 0.288. The van der Waals surface area contributed by atoms with E-state index in [4.69, 9.17) is 5.73 Å². The third-order valence-electron chi connectivity index (χ3n) is 2.85. The number of anilines is 1. The van der Waals surface area contributed by atoms with Crippen LogP contribution in [0.2, 0.25) is 0 Å². The molecule has 1 heterocycles. The van der Waals surface area contributed by atoms with E-state index in [0.717, 1.165) is 6.07 Å². The van der Waals surface area contributed by atoms with Gasteiger partial charge in [0, 0.05) is 22.4 Å². The van der Waals surface area contributed by atoms with E-state index in [9.17, 15) is 8.78 Å². The summed E-state index contributed by atoms with van der Waals surface area (Å²) in [5.74, 6) is -1.02. The fraction of sp³-hybridized carbons (Fsp3) is 0. The summed E-state index contributed by atoms with van der Waals surface area (Å²) in [4.78, 5) is 0. The minimum Gasteiger partial charge on any atom is -0.382 e. The van der Waals surface area contributed by atoms with Gasteiger partial charge in [-0.15, -0.1) is 10.2 Å². The molecule has 5 heteroatoms. The molecule has 0 saturated heterocycles. The Balaban J connectivity index is 2.34. The third-order valence-corrected chi connectivity index (χ3v) is 2.85. The Morgan fingerprint density at radius 1 is 0.842 bits per heavy atom. The molecule has 0 spiro atoms. The minimum atomic E-state index is -0.655. The van der Waals surface area contributed by atoms with Crippen LogP contribution < -0.4 is 5.73 Å². The zero-order valence-corrected chi connectivity index (χ0v) is 9.77. The topological polar surface area (TPSA) is 51.8 Å². The van der Waals surface area contributed by atoms with Gasteiger partial charge in [-0.25, -0.2) is 8.78 Å². The molecule has 0 unspecified atom stereocenters. The quantitative estimate of drug-likeness (QED) is 0.728. The highest BCUT2D eigenvalue weighted by molar-refractivity contribution is 5.99. The molecule has 0 atom stereocenters. The lowest BCUT2D eigenvalue weighted by Gasteiger charge is -2.07. The largest absolute Gasteiger partial charge is 0.382 e. The maximum atomic E-state index is 13.3. The maximum absolute atomic E-state index is 13.3. The lowest BCUT2D eigenvalue weighted by Crippen LogP contribution is -1.98. The van der Waals surface area contributed by atoms with Crippen molar-refractivity contribution in [1.29, 1.82) is 0 Å². The van der Waals surface area contributed by atoms with Crippen LogP contribution in [-0.4, -0.2) is 10.2 Å². The van der Waals surface area contributed by atoms with Crippen LogP contribution in [0.5, 0.6) is 0 Å². The average molecular weight is 257 g/mol. The highest BCUT2D eigenvalue weighted by Gasteiger charge is 2.11. The summed E-state index contributed by atoms with van der Waals surface area (Å²) in [6, 6.07) is 10.5. The van der Waals surface area contributed by atoms with Crippen molar-refractivity contribution in [3.63, 3.8) is 0 Å². The van der Waals surface area contributed by atoms with Crippen molar-refractivity contribution < 1.29 is 8.78 Å². The number of rotatable bonds is 1. The van der Waals surface area contributed by atoms with Crippen molar-refractivity contribution in [2.24, 2.45) is 0 Å². The maximum Gasteiger partial charge on any atom is 0.154 e. The fourth-order valence-corrected chi connectivity index (χ4v) is 2.03. The van der Waals surface area contributed by atoms with Crippen molar-refractivity contribution in [3.05, 3.63) is 54.1 Å². The number of hydrogen-bond acceptors (Lipinski definition) is 3. The number of nitrogens with two attached hydrogens (primary N) is 1. The average Bonchev–Trinajstić information content (AvgIpc) is 2.38. The predicted molar refractivity (Wildman–Crippen MR) is 69.3 cm³/mol. The molecular formula is C14H9F2N3. The molecule has 3 aromatic rings. The Kier molecular flexibility index (Phi) is 2.59. The highest BCUT2D eigenvalue weighted by Crippen LogP contribution is 2.29. The van der Waals surface area contributed by atoms with Crippen LogP contribution >= 0.6 is 0 Å². The molecule has 0 amide bonds. The molecule has 0 saturated carbocycles. The zero-order valence-electron chi connectivity index (χ0n) is 9.77. The number of benzene rings is 2.